The zero-order chi connectivity index (χ0) is 18.1. The number of ether oxygens (including phenoxy) is 2. The highest BCUT2D eigenvalue weighted by atomic mass is 127. The average Bonchev–Trinajstić information content (AvgIpc) is 2.65. The van der Waals surface area contributed by atoms with Crippen LogP contribution in [0.2, 0.25) is 0 Å². The molecule has 0 aliphatic rings. The summed E-state index contributed by atoms with van der Waals surface area (Å²) in [5, 5.41) is 15.4. The number of nitrogens with zero attached hydrogens (tertiary/aromatic N) is 2. The Labute approximate surface area is 171 Å². The average molecular weight is 466 g/mol. The highest BCUT2D eigenvalue weighted by Crippen LogP contribution is 2.30. The van der Waals surface area contributed by atoms with E-state index in [1.165, 1.54) is 0 Å². The minimum absolute atomic E-state index is 0. The van der Waals surface area contributed by atoms with Crippen LogP contribution < -0.4 is 20.1 Å². The summed E-state index contributed by atoms with van der Waals surface area (Å²) in [7, 11) is 3.31. The molecule has 0 atom stereocenters. The van der Waals surface area contributed by atoms with Gasteiger partial charge >= 0.3 is 0 Å². The fourth-order valence-corrected chi connectivity index (χ4v) is 2.28. The first-order chi connectivity index (χ1) is 12.2. The zero-order valence-electron chi connectivity index (χ0n) is 15.1. The molecular formula is C19H23IN4O2. The van der Waals surface area contributed by atoms with Gasteiger partial charge in [0.05, 0.1) is 25.3 Å². The van der Waals surface area contributed by atoms with Crippen molar-refractivity contribution in [3.05, 3.63) is 53.6 Å². The molecule has 0 saturated heterocycles. The largest absolute Gasteiger partial charge is 0.493 e. The van der Waals surface area contributed by atoms with E-state index in [-0.39, 0.29) is 24.0 Å². The lowest BCUT2D eigenvalue weighted by atomic mass is 10.1. The minimum atomic E-state index is 0. The van der Waals surface area contributed by atoms with Crippen LogP contribution in [0.15, 0.2) is 47.5 Å². The molecule has 2 rings (SSSR count). The molecule has 2 aromatic carbocycles. The quantitative estimate of drug-likeness (QED) is 0.385. The number of anilines is 1. The van der Waals surface area contributed by atoms with Gasteiger partial charge in [-0.3, -0.25) is 4.99 Å². The highest BCUT2D eigenvalue weighted by molar-refractivity contribution is 14.0. The predicted octanol–water partition coefficient (Wildman–Crippen LogP) is 3.77. The van der Waals surface area contributed by atoms with Crippen LogP contribution in [0.5, 0.6) is 11.5 Å². The van der Waals surface area contributed by atoms with Gasteiger partial charge in [0.25, 0.3) is 0 Å². The number of methoxy groups -OCH3 is 1. The molecule has 0 aliphatic heterocycles. The van der Waals surface area contributed by atoms with Crippen molar-refractivity contribution in [1.29, 1.82) is 5.26 Å². The summed E-state index contributed by atoms with van der Waals surface area (Å²) in [4.78, 5) is 4.22. The maximum Gasteiger partial charge on any atom is 0.195 e. The number of hydrogen-bond donors (Lipinski definition) is 2. The first-order valence-corrected chi connectivity index (χ1v) is 7.97. The summed E-state index contributed by atoms with van der Waals surface area (Å²) < 4.78 is 10.9. The molecule has 6 nitrogen and oxygen atoms in total. The van der Waals surface area contributed by atoms with Crippen molar-refractivity contribution < 1.29 is 9.47 Å². The number of nitrogens with one attached hydrogen (secondary N) is 2. The Morgan fingerprint density at radius 3 is 2.65 bits per heavy atom. The first kappa shape index (κ1) is 21.6. The number of guanidine groups is 1. The van der Waals surface area contributed by atoms with E-state index in [1.807, 2.05) is 43.3 Å². The minimum Gasteiger partial charge on any atom is -0.493 e. The lowest BCUT2D eigenvalue weighted by Gasteiger charge is -2.14. The summed E-state index contributed by atoms with van der Waals surface area (Å²) in [6.45, 7) is 3.04. The molecule has 26 heavy (non-hydrogen) atoms. The summed E-state index contributed by atoms with van der Waals surface area (Å²) in [5.74, 6) is 1.98. The van der Waals surface area contributed by atoms with Gasteiger partial charge in [0.2, 0.25) is 0 Å². The van der Waals surface area contributed by atoms with E-state index in [0.717, 1.165) is 11.3 Å². The summed E-state index contributed by atoms with van der Waals surface area (Å²) in [6.07, 6.45) is 0. The molecule has 0 aromatic heterocycles. The fraction of sp³-hybridized carbons (Fsp3) is 0.263. The molecule has 138 valence electrons. The van der Waals surface area contributed by atoms with Crippen LogP contribution >= 0.6 is 24.0 Å². The first-order valence-electron chi connectivity index (χ1n) is 7.97. The number of hydrogen-bond acceptors (Lipinski definition) is 4. The predicted molar refractivity (Wildman–Crippen MR) is 115 cm³/mol. The third-order valence-electron chi connectivity index (χ3n) is 3.47. The molecule has 0 unspecified atom stereocenters. The topological polar surface area (TPSA) is 78.7 Å². The number of nitriles is 1. The maximum atomic E-state index is 8.96. The molecule has 0 heterocycles. The maximum absolute atomic E-state index is 8.96. The molecule has 0 amide bonds. The molecule has 2 aromatic rings. The van der Waals surface area contributed by atoms with Crippen molar-refractivity contribution in [2.45, 2.75) is 13.5 Å². The number of rotatable bonds is 6. The molecular weight excluding hydrogens is 443 g/mol. The molecule has 0 bridgehead atoms. The van der Waals surface area contributed by atoms with Gasteiger partial charge in [0, 0.05) is 25.3 Å². The third kappa shape index (κ3) is 6.11. The normalized spacial score (nSPS) is 10.3. The Morgan fingerprint density at radius 1 is 1.19 bits per heavy atom. The van der Waals surface area contributed by atoms with Gasteiger partial charge in [-0.2, -0.15) is 5.26 Å². The fourth-order valence-electron chi connectivity index (χ4n) is 2.28. The number of aliphatic imine (C=N–C) groups is 1. The molecule has 0 radical (unpaired) electrons. The van der Waals surface area contributed by atoms with Crippen molar-refractivity contribution >= 4 is 35.6 Å². The summed E-state index contributed by atoms with van der Waals surface area (Å²) >= 11 is 0. The Kier molecular flexibility index (Phi) is 9.30. The van der Waals surface area contributed by atoms with Crippen LogP contribution in [0.4, 0.5) is 5.69 Å². The SMILES string of the molecule is CCOc1cc(NC(=NC)NCc2cccc(C#N)c2)ccc1OC.I. The molecule has 7 heteroatoms. The lowest BCUT2D eigenvalue weighted by Crippen LogP contribution is -2.30. The van der Waals surface area contributed by atoms with Crippen molar-refractivity contribution in [2.75, 3.05) is 26.1 Å². The molecule has 0 spiro atoms. The van der Waals surface area contributed by atoms with Crippen molar-refractivity contribution in [1.82, 2.24) is 5.32 Å². The van der Waals surface area contributed by atoms with E-state index in [9.17, 15) is 0 Å². The summed E-state index contributed by atoms with van der Waals surface area (Å²) in [6, 6.07) is 15.2. The second kappa shape index (κ2) is 11.2. The molecule has 2 N–H and O–H groups in total. The van der Waals surface area contributed by atoms with Crippen molar-refractivity contribution in [3.63, 3.8) is 0 Å². The Balaban J connectivity index is 0.00000338. The van der Waals surface area contributed by atoms with E-state index < -0.39 is 0 Å². The van der Waals surface area contributed by atoms with Crippen LogP contribution in [-0.2, 0) is 6.54 Å². The van der Waals surface area contributed by atoms with Crippen LogP contribution in [0.1, 0.15) is 18.1 Å². The van der Waals surface area contributed by atoms with E-state index in [2.05, 4.69) is 21.7 Å². The second-order valence-electron chi connectivity index (χ2n) is 5.16. The van der Waals surface area contributed by atoms with Gasteiger partial charge in [0.15, 0.2) is 17.5 Å². The number of benzene rings is 2. The van der Waals surface area contributed by atoms with Crippen LogP contribution in [0.3, 0.4) is 0 Å². The van der Waals surface area contributed by atoms with Crippen LogP contribution in [0, 0.1) is 11.3 Å². The Bertz CT molecular complexity index is 787. The smallest absolute Gasteiger partial charge is 0.195 e. The lowest BCUT2D eigenvalue weighted by molar-refractivity contribution is 0.311. The molecule has 0 saturated carbocycles. The standard InChI is InChI=1S/C19H22N4O2.HI/c1-4-25-18-11-16(8-9-17(18)24-3)23-19(21-2)22-13-15-7-5-6-14(10-15)12-20;/h5-11H,4,13H2,1-3H3,(H2,21,22,23);1H. The highest BCUT2D eigenvalue weighted by Gasteiger charge is 2.07. The van der Waals surface area contributed by atoms with Crippen molar-refractivity contribution in [3.8, 4) is 17.6 Å². The van der Waals surface area contributed by atoms with Gasteiger partial charge in [-0.1, -0.05) is 12.1 Å². The second-order valence-corrected chi connectivity index (χ2v) is 5.16. The van der Waals surface area contributed by atoms with E-state index >= 15 is 0 Å². The van der Waals surface area contributed by atoms with Gasteiger partial charge in [-0.05, 0) is 36.8 Å². The number of halogens is 1. The van der Waals surface area contributed by atoms with Gasteiger partial charge in [-0.15, -0.1) is 24.0 Å². The summed E-state index contributed by atoms with van der Waals surface area (Å²) in [5.41, 5.74) is 2.48. The van der Waals surface area contributed by atoms with Crippen molar-refractivity contribution in [2.24, 2.45) is 4.99 Å². The van der Waals surface area contributed by atoms with Crippen LogP contribution in [-0.4, -0.2) is 26.7 Å². The van der Waals surface area contributed by atoms with E-state index in [4.69, 9.17) is 14.7 Å². The Hall–Kier alpha value is -2.47. The zero-order valence-corrected chi connectivity index (χ0v) is 17.4. The van der Waals surface area contributed by atoms with Gasteiger partial charge in [0.1, 0.15) is 0 Å². The van der Waals surface area contributed by atoms with E-state index in [0.29, 0.717) is 36.2 Å². The van der Waals surface area contributed by atoms with Gasteiger partial charge < -0.3 is 20.1 Å². The third-order valence-corrected chi connectivity index (χ3v) is 3.47. The monoisotopic (exact) mass is 466 g/mol. The van der Waals surface area contributed by atoms with Crippen LogP contribution in [0.25, 0.3) is 0 Å². The molecule has 0 aliphatic carbocycles. The van der Waals surface area contributed by atoms with E-state index in [1.54, 1.807) is 20.2 Å². The Morgan fingerprint density at radius 2 is 2.00 bits per heavy atom. The molecule has 0 fully saturated rings. The van der Waals surface area contributed by atoms with Gasteiger partial charge in [-0.25, -0.2) is 0 Å².